The maximum atomic E-state index is 12.7. The van der Waals surface area contributed by atoms with E-state index in [-0.39, 0.29) is 5.02 Å². The highest BCUT2D eigenvalue weighted by molar-refractivity contribution is 6.43. The van der Waals surface area contributed by atoms with E-state index in [0.717, 1.165) is 12.1 Å². The van der Waals surface area contributed by atoms with E-state index in [1.807, 2.05) is 0 Å². The van der Waals surface area contributed by atoms with Gasteiger partial charge in [0.15, 0.2) is 0 Å². The Morgan fingerprint density at radius 2 is 1.81 bits per heavy atom. The lowest BCUT2D eigenvalue weighted by molar-refractivity contribution is -0.137. The van der Waals surface area contributed by atoms with E-state index in [1.165, 1.54) is 12.1 Å². The van der Waals surface area contributed by atoms with Crippen LogP contribution >= 0.6 is 23.2 Å². The Hall–Kier alpha value is -1.90. The van der Waals surface area contributed by atoms with E-state index in [0.29, 0.717) is 16.4 Å². The van der Waals surface area contributed by atoms with Gasteiger partial charge in [0, 0.05) is 5.69 Å². The van der Waals surface area contributed by atoms with E-state index in [9.17, 15) is 13.2 Å². The Labute approximate surface area is 128 Å². The number of hydrogen-bond donors (Lipinski definition) is 1. The molecule has 108 valence electrons. The van der Waals surface area contributed by atoms with Crippen LogP contribution in [0.15, 0.2) is 36.4 Å². The van der Waals surface area contributed by atoms with Crippen molar-refractivity contribution < 1.29 is 13.2 Å². The third kappa shape index (κ3) is 3.41. The fraction of sp³-hybridized carbons (Fsp3) is 0.0714. The second-order valence-corrected chi connectivity index (χ2v) is 4.88. The van der Waals surface area contributed by atoms with Crippen molar-refractivity contribution in [1.82, 2.24) is 0 Å². The highest BCUT2D eigenvalue weighted by Crippen LogP contribution is 2.35. The van der Waals surface area contributed by atoms with Gasteiger partial charge in [0.05, 0.1) is 32.9 Å². The van der Waals surface area contributed by atoms with E-state index in [2.05, 4.69) is 5.32 Å². The normalized spacial score (nSPS) is 11.0. The summed E-state index contributed by atoms with van der Waals surface area (Å²) in [7, 11) is 0. The first kappa shape index (κ1) is 15.5. The molecule has 0 radical (unpaired) electrons. The average Bonchev–Trinajstić information content (AvgIpc) is 2.42. The maximum Gasteiger partial charge on any atom is 0.417 e. The predicted molar refractivity (Wildman–Crippen MR) is 75.9 cm³/mol. The van der Waals surface area contributed by atoms with Crippen LogP contribution < -0.4 is 5.32 Å². The molecule has 0 unspecified atom stereocenters. The number of nitrogens with zero attached hydrogens (tertiary/aromatic N) is 1. The van der Waals surface area contributed by atoms with Gasteiger partial charge in [-0.15, -0.1) is 0 Å². The third-order valence-electron chi connectivity index (χ3n) is 2.68. The van der Waals surface area contributed by atoms with Crippen molar-refractivity contribution in [3.63, 3.8) is 0 Å². The first-order valence-corrected chi connectivity index (χ1v) is 6.41. The van der Waals surface area contributed by atoms with Gasteiger partial charge in [-0.1, -0.05) is 29.3 Å². The van der Waals surface area contributed by atoms with E-state index in [4.69, 9.17) is 28.5 Å². The summed E-state index contributed by atoms with van der Waals surface area (Å²) < 4.78 is 38.1. The molecule has 0 fully saturated rings. The van der Waals surface area contributed by atoms with E-state index >= 15 is 0 Å². The van der Waals surface area contributed by atoms with Gasteiger partial charge in [0.25, 0.3) is 0 Å². The summed E-state index contributed by atoms with van der Waals surface area (Å²) in [4.78, 5) is 0. The smallest absolute Gasteiger partial charge is 0.354 e. The Morgan fingerprint density at radius 1 is 1.10 bits per heavy atom. The molecule has 0 aromatic heterocycles. The van der Waals surface area contributed by atoms with Crippen molar-refractivity contribution >= 4 is 34.6 Å². The maximum absolute atomic E-state index is 12.7. The highest BCUT2D eigenvalue weighted by Gasteiger charge is 2.33. The summed E-state index contributed by atoms with van der Waals surface area (Å²) >= 11 is 11.8. The SMILES string of the molecule is N#Cc1cc(Nc2cccc(Cl)c2Cl)ccc1C(F)(F)F. The molecule has 0 aliphatic heterocycles. The molecule has 0 amide bonds. The summed E-state index contributed by atoms with van der Waals surface area (Å²) in [5.41, 5.74) is -0.699. The minimum absolute atomic E-state index is 0.248. The topological polar surface area (TPSA) is 35.8 Å². The van der Waals surface area contributed by atoms with Crippen LogP contribution in [0.5, 0.6) is 0 Å². The number of hydrogen-bond acceptors (Lipinski definition) is 2. The minimum atomic E-state index is -4.57. The third-order valence-corrected chi connectivity index (χ3v) is 3.49. The van der Waals surface area contributed by atoms with Crippen molar-refractivity contribution in [2.45, 2.75) is 6.18 Å². The lowest BCUT2D eigenvalue weighted by Crippen LogP contribution is -2.08. The first-order valence-electron chi connectivity index (χ1n) is 5.65. The molecule has 0 spiro atoms. The van der Waals surface area contributed by atoms with Crippen LogP contribution in [0.3, 0.4) is 0 Å². The lowest BCUT2D eigenvalue weighted by atomic mass is 10.1. The van der Waals surface area contributed by atoms with E-state index in [1.54, 1.807) is 18.2 Å². The fourth-order valence-corrected chi connectivity index (χ4v) is 2.07. The van der Waals surface area contributed by atoms with Crippen molar-refractivity contribution in [3.8, 4) is 6.07 Å². The van der Waals surface area contributed by atoms with Crippen LogP contribution in [0.1, 0.15) is 11.1 Å². The summed E-state index contributed by atoms with van der Waals surface area (Å²) in [6.45, 7) is 0. The van der Waals surface area contributed by atoms with Gasteiger partial charge in [0.1, 0.15) is 0 Å². The van der Waals surface area contributed by atoms with Gasteiger partial charge < -0.3 is 5.32 Å². The molecule has 0 bridgehead atoms. The van der Waals surface area contributed by atoms with Gasteiger partial charge in [-0.05, 0) is 30.3 Å². The first-order chi connectivity index (χ1) is 9.82. The van der Waals surface area contributed by atoms with Crippen molar-refractivity contribution in [2.24, 2.45) is 0 Å². The van der Waals surface area contributed by atoms with Crippen molar-refractivity contribution in [3.05, 3.63) is 57.6 Å². The number of benzene rings is 2. The number of nitriles is 1. The quantitative estimate of drug-likeness (QED) is 0.774. The zero-order valence-corrected chi connectivity index (χ0v) is 11.8. The molecule has 2 rings (SSSR count). The van der Waals surface area contributed by atoms with Crippen LogP contribution in [-0.2, 0) is 6.18 Å². The Bertz CT molecular complexity index is 721. The zero-order valence-electron chi connectivity index (χ0n) is 10.3. The summed E-state index contributed by atoms with van der Waals surface area (Å²) in [5, 5.41) is 12.2. The molecule has 1 N–H and O–H groups in total. The molecular formula is C14H7Cl2F3N2. The fourth-order valence-electron chi connectivity index (χ4n) is 1.72. The van der Waals surface area contributed by atoms with Gasteiger partial charge >= 0.3 is 6.18 Å². The van der Waals surface area contributed by atoms with Crippen LogP contribution in [0, 0.1) is 11.3 Å². The molecule has 0 heterocycles. The second-order valence-electron chi connectivity index (χ2n) is 4.10. The molecule has 21 heavy (non-hydrogen) atoms. The van der Waals surface area contributed by atoms with Crippen LogP contribution in [-0.4, -0.2) is 0 Å². The van der Waals surface area contributed by atoms with Crippen LogP contribution in [0.2, 0.25) is 10.0 Å². The Kier molecular flexibility index (Phi) is 4.31. The number of rotatable bonds is 2. The summed E-state index contributed by atoms with van der Waals surface area (Å²) in [6, 6.07) is 9.57. The number of alkyl halides is 3. The molecule has 0 aliphatic carbocycles. The molecule has 7 heteroatoms. The molecule has 2 aromatic rings. The largest absolute Gasteiger partial charge is 0.417 e. The van der Waals surface area contributed by atoms with Gasteiger partial charge in [-0.2, -0.15) is 18.4 Å². The number of halogens is 5. The summed E-state index contributed by atoms with van der Waals surface area (Å²) in [6.07, 6.45) is -4.57. The Balaban J connectivity index is 2.39. The molecular weight excluding hydrogens is 324 g/mol. The standard InChI is InChI=1S/C14H7Cl2F3N2/c15-11-2-1-3-12(13(11)16)21-9-4-5-10(14(17,18)19)8(6-9)7-20/h1-6,21H. The number of nitrogens with one attached hydrogen (secondary N) is 1. The van der Waals surface area contributed by atoms with Crippen molar-refractivity contribution in [2.75, 3.05) is 5.32 Å². The average molecular weight is 331 g/mol. The lowest BCUT2D eigenvalue weighted by Gasteiger charge is -2.12. The van der Waals surface area contributed by atoms with Gasteiger partial charge in [-0.25, -0.2) is 0 Å². The second kappa shape index (κ2) is 5.84. The van der Waals surface area contributed by atoms with Crippen molar-refractivity contribution in [1.29, 1.82) is 5.26 Å². The predicted octanol–water partition coefficient (Wildman–Crippen LogP) is 5.63. The molecule has 0 saturated carbocycles. The zero-order chi connectivity index (χ0) is 15.6. The Morgan fingerprint density at radius 3 is 2.43 bits per heavy atom. The van der Waals surface area contributed by atoms with Crippen LogP contribution in [0.4, 0.5) is 24.5 Å². The molecule has 2 nitrogen and oxygen atoms in total. The molecule has 0 saturated heterocycles. The molecule has 2 aromatic carbocycles. The molecule has 0 aliphatic rings. The minimum Gasteiger partial charge on any atom is -0.354 e. The number of anilines is 2. The molecule has 0 atom stereocenters. The van der Waals surface area contributed by atoms with Gasteiger partial charge in [-0.3, -0.25) is 0 Å². The van der Waals surface area contributed by atoms with Gasteiger partial charge in [0.2, 0.25) is 0 Å². The monoisotopic (exact) mass is 330 g/mol. The van der Waals surface area contributed by atoms with Crippen LogP contribution in [0.25, 0.3) is 0 Å². The summed E-state index contributed by atoms with van der Waals surface area (Å²) in [5.74, 6) is 0. The highest BCUT2D eigenvalue weighted by atomic mass is 35.5. The van der Waals surface area contributed by atoms with E-state index < -0.39 is 17.3 Å².